The quantitative estimate of drug-likeness (QED) is 0.0501. The summed E-state index contributed by atoms with van der Waals surface area (Å²) < 4.78 is 12.0. The minimum atomic E-state index is -0.383. The molecule has 0 saturated carbocycles. The maximum Gasteiger partial charge on any atom is 0.321 e. The molecule has 0 fully saturated rings. The number of aromatic amines is 2. The predicted octanol–water partition coefficient (Wildman–Crippen LogP) is 6.43. The lowest BCUT2D eigenvalue weighted by molar-refractivity contribution is 0.251. The Labute approximate surface area is 303 Å². The van der Waals surface area contributed by atoms with Crippen molar-refractivity contribution < 1.29 is 19.1 Å². The van der Waals surface area contributed by atoms with E-state index in [1.807, 2.05) is 50.2 Å². The van der Waals surface area contributed by atoms with Crippen molar-refractivity contribution in [2.24, 2.45) is 0 Å². The van der Waals surface area contributed by atoms with Gasteiger partial charge in [0.15, 0.2) is 0 Å². The second-order valence-electron chi connectivity index (χ2n) is 12.6. The third kappa shape index (κ3) is 14.4. The Morgan fingerprint density at radius 2 is 1.04 bits per heavy atom. The molecule has 0 spiro atoms. The lowest BCUT2D eigenvalue weighted by Gasteiger charge is -2.10. The summed E-state index contributed by atoms with van der Waals surface area (Å²) in [6.07, 6.45) is 10.2. The van der Waals surface area contributed by atoms with Crippen LogP contribution in [0.1, 0.15) is 89.4 Å². The highest BCUT2D eigenvalue weighted by atomic mass is 16.5. The number of carbonyl (C=O) groups is 2. The van der Waals surface area contributed by atoms with Crippen molar-refractivity contribution in [2.75, 3.05) is 36.9 Å². The Bertz CT molecular complexity index is 1710. The van der Waals surface area contributed by atoms with Gasteiger partial charge in [0.1, 0.15) is 11.5 Å². The first-order chi connectivity index (χ1) is 25.3. The zero-order valence-corrected chi connectivity index (χ0v) is 30.3. The highest BCUT2D eigenvalue weighted by molar-refractivity contribution is 5.88. The second-order valence-corrected chi connectivity index (χ2v) is 12.6. The van der Waals surface area contributed by atoms with Gasteiger partial charge in [-0.3, -0.25) is 30.2 Å². The zero-order chi connectivity index (χ0) is 37.0. The molecule has 2 aromatic heterocycles. The number of rotatable bonds is 22. The molecule has 2 aromatic carbocycles. The summed E-state index contributed by atoms with van der Waals surface area (Å²) in [4.78, 5) is 61.9. The normalized spacial score (nSPS) is 10.9. The molecule has 4 rings (SSSR count). The molecule has 0 atom stereocenters. The Morgan fingerprint density at radius 3 is 1.46 bits per heavy atom. The molecule has 0 unspecified atom stereocenters. The number of amides is 4. The summed E-state index contributed by atoms with van der Waals surface area (Å²) in [5.41, 5.74) is 0.685. The van der Waals surface area contributed by atoms with Crippen molar-refractivity contribution in [3.05, 3.63) is 80.6 Å². The Balaban J connectivity index is 1.11. The number of carbonyl (C=O) groups excluding carboxylic acids is 2. The van der Waals surface area contributed by atoms with E-state index in [0.717, 1.165) is 86.5 Å². The molecule has 0 radical (unpaired) electrons. The summed E-state index contributed by atoms with van der Waals surface area (Å²) in [7, 11) is 0. The SMILES string of the molecule is CCCCNC(=O)Nc1nc(CCCCCOc2ccc3cc(OCCCCCc4cc(=O)[nH]c(NC(=O)NCCCC)n4)ccc3c2)cc(=O)[nH]1. The van der Waals surface area contributed by atoms with Crippen LogP contribution >= 0.6 is 0 Å². The number of fused-ring (bicyclic) bond motifs is 1. The number of benzene rings is 2. The van der Waals surface area contributed by atoms with Gasteiger partial charge >= 0.3 is 12.1 Å². The highest BCUT2D eigenvalue weighted by Crippen LogP contribution is 2.25. The van der Waals surface area contributed by atoms with Gasteiger partial charge in [0, 0.05) is 36.6 Å². The lowest BCUT2D eigenvalue weighted by Crippen LogP contribution is -2.31. The van der Waals surface area contributed by atoms with Gasteiger partial charge in [-0.2, -0.15) is 0 Å². The summed E-state index contributed by atoms with van der Waals surface area (Å²) in [5, 5.41) is 12.8. The van der Waals surface area contributed by atoms with Gasteiger partial charge in [0.25, 0.3) is 11.1 Å². The van der Waals surface area contributed by atoms with E-state index in [-0.39, 0.29) is 35.1 Å². The van der Waals surface area contributed by atoms with Crippen molar-refractivity contribution in [1.29, 1.82) is 0 Å². The van der Waals surface area contributed by atoms with Crippen LogP contribution in [0.25, 0.3) is 10.8 Å². The van der Waals surface area contributed by atoms with E-state index in [0.29, 0.717) is 50.5 Å². The van der Waals surface area contributed by atoms with Crippen LogP contribution in [0.4, 0.5) is 21.5 Å². The predicted molar refractivity (Wildman–Crippen MR) is 204 cm³/mol. The smallest absolute Gasteiger partial charge is 0.321 e. The third-order valence-electron chi connectivity index (χ3n) is 8.16. The van der Waals surface area contributed by atoms with E-state index >= 15 is 0 Å². The van der Waals surface area contributed by atoms with Crippen molar-refractivity contribution >= 4 is 34.7 Å². The van der Waals surface area contributed by atoms with E-state index in [1.54, 1.807) is 0 Å². The van der Waals surface area contributed by atoms with Crippen LogP contribution in [0.15, 0.2) is 58.1 Å². The molecule has 14 heteroatoms. The van der Waals surface area contributed by atoms with Crippen LogP contribution in [0.5, 0.6) is 11.5 Å². The number of aromatic nitrogens is 4. The first kappa shape index (κ1) is 39.4. The van der Waals surface area contributed by atoms with E-state index < -0.39 is 0 Å². The summed E-state index contributed by atoms with van der Waals surface area (Å²) in [6.45, 7) is 6.37. The number of aryl methyl sites for hydroxylation is 2. The molecule has 6 N–H and O–H groups in total. The fourth-order valence-electron chi connectivity index (χ4n) is 5.38. The summed E-state index contributed by atoms with van der Waals surface area (Å²) in [6, 6.07) is 14.2. The number of nitrogens with one attached hydrogen (secondary N) is 6. The van der Waals surface area contributed by atoms with Crippen molar-refractivity contribution in [1.82, 2.24) is 30.6 Å². The number of hydrogen-bond donors (Lipinski definition) is 6. The molecule has 2 heterocycles. The van der Waals surface area contributed by atoms with E-state index in [9.17, 15) is 19.2 Å². The monoisotopic (exact) mass is 716 g/mol. The van der Waals surface area contributed by atoms with Crippen LogP contribution in [0, 0.1) is 0 Å². The van der Waals surface area contributed by atoms with Crippen LogP contribution < -0.4 is 41.9 Å². The zero-order valence-electron chi connectivity index (χ0n) is 30.3. The number of H-pyrrole nitrogens is 2. The van der Waals surface area contributed by atoms with Crippen LogP contribution in [0.2, 0.25) is 0 Å². The summed E-state index contributed by atoms with van der Waals surface area (Å²) >= 11 is 0. The molecule has 280 valence electrons. The van der Waals surface area contributed by atoms with E-state index in [1.165, 1.54) is 12.1 Å². The van der Waals surface area contributed by atoms with Crippen LogP contribution in [-0.2, 0) is 12.8 Å². The number of nitrogens with zero attached hydrogens (tertiary/aromatic N) is 2. The molecular formula is C38H52N8O6. The maximum absolute atomic E-state index is 12.0. The van der Waals surface area contributed by atoms with E-state index in [4.69, 9.17) is 9.47 Å². The first-order valence-corrected chi connectivity index (χ1v) is 18.4. The standard InChI is InChI=1S/C38H52N8O6/c1-3-5-19-39-37(49)45-35-41-29(25-33(47)43-35)13-9-7-11-21-51-31-17-15-28-24-32(18-16-27(28)23-31)52-22-12-8-10-14-30-26-34(48)44-36(42-30)46-38(50)40-20-6-4-2/h15-18,23-26H,3-14,19-22H2,1-2H3,(H3,39,41,43,45,47,49)(H3,40,42,44,46,48,50). The number of unbranched alkanes of at least 4 members (excludes halogenated alkanes) is 6. The van der Waals surface area contributed by atoms with Crippen molar-refractivity contribution in [3.63, 3.8) is 0 Å². The van der Waals surface area contributed by atoms with Crippen LogP contribution in [0.3, 0.4) is 0 Å². The fourth-order valence-corrected chi connectivity index (χ4v) is 5.38. The van der Waals surface area contributed by atoms with Crippen LogP contribution in [-0.4, -0.2) is 58.3 Å². The molecule has 0 aliphatic heterocycles. The molecular weight excluding hydrogens is 664 g/mol. The maximum atomic E-state index is 12.0. The first-order valence-electron chi connectivity index (χ1n) is 18.4. The molecule has 4 amide bonds. The van der Waals surface area contributed by atoms with Crippen molar-refractivity contribution in [3.8, 4) is 11.5 Å². The minimum absolute atomic E-state index is 0.151. The Hall–Kier alpha value is -5.40. The molecule has 14 nitrogen and oxygen atoms in total. The fraction of sp³-hybridized carbons (Fsp3) is 0.474. The topological polar surface area (TPSA) is 192 Å². The summed E-state index contributed by atoms with van der Waals surface area (Å²) in [5.74, 6) is 1.91. The number of urea groups is 2. The molecule has 4 aromatic rings. The van der Waals surface area contributed by atoms with Gasteiger partial charge in [-0.1, -0.05) is 38.8 Å². The number of anilines is 2. The third-order valence-corrected chi connectivity index (χ3v) is 8.16. The van der Waals surface area contributed by atoms with Gasteiger partial charge < -0.3 is 20.1 Å². The largest absolute Gasteiger partial charge is 0.494 e. The number of hydrogen-bond acceptors (Lipinski definition) is 8. The molecule has 0 saturated heterocycles. The van der Waals surface area contributed by atoms with Crippen molar-refractivity contribution in [2.45, 2.75) is 90.9 Å². The Kier molecular flexibility index (Phi) is 16.5. The van der Waals surface area contributed by atoms with Gasteiger partial charge in [-0.25, -0.2) is 19.6 Å². The minimum Gasteiger partial charge on any atom is -0.494 e. The lowest BCUT2D eigenvalue weighted by atomic mass is 10.1. The average molecular weight is 717 g/mol. The van der Waals surface area contributed by atoms with Gasteiger partial charge in [0.05, 0.1) is 13.2 Å². The Morgan fingerprint density at radius 1 is 0.596 bits per heavy atom. The molecule has 52 heavy (non-hydrogen) atoms. The van der Waals surface area contributed by atoms with Gasteiger partial charge in [-0.05, 0) is 99.2 Å². The van der Waals surface area contributed by atoms with Gasteiger partial charge in [-0.15, -0.1) is 0 Å². The molecule has 0 aliphatic carbocycles. The highest BCUT2D eigenvalue weighted by Gasteiger charge is 2.08. The van der Waals surface area contributed by atoms with Gasteiger partial charge in [0.2, 0.25) is 11.9 Å². The molecule has 0 aliphatic rings. The van der Waals surface area contributed by atoms with E-state index in [2.05, 4.69) is 41.2 Å². The average Bonchev–Trinajstić information content (AvgIpc) is 3.11. The number of ether oxygens (including phenoxy) is 2. The molecule has 0 bridgehead atoms. The second kappa shape index (κ2) is 21.7.